The van der Waals surface area contributed by atoms with E-state index in [1.165, 1.54) is 5.56 Å². The van der Waals surface area contributed by atoms with E-state index in [1.54, 1.807) is 0 Å². The van der Waals surface area contributed by atoms with Crippen molar-refractivity contribution in [3.05, 3.63) is 28.2 Å². The number of hydrogen-bond donors (Lipinski definition) is 1. The maximum absolute atomic E-state index is 6.01. The third kappa shape index (κ3) is 4.21. The highest BCUT2D eigenvalue weighted by Gasteiger charge is 2.23. The fourth-order valence-electron chi connectivity index (χ4n) is 2.60. The van der Waals surface area contributed by atoms with Gasteiger partial charge in [-0.15, -0.1) is 0 Å². The molecule has 0 bridgehead atoms. The zero-order valence-electron chi connectivity index (χ0n) is 12.5. The Labute approximate surface area is 130 Å². The molecule has 0 saturated carbocycles. The lowest BCUT2D eigenvalue weighted by Gasteiger charge is -2.19. The van der Waals surface area contributed by atoms with Crippen LogP contribution in [0.1, 0.15) is 45.2 Å². The fraction of sp³-hybridized carbons (Fsp3) is 0.625. The number of hydrogen-bond acceptors (Lipinski definition) is 3. The summed E-state index contributed by atoms with van der Waals surface area (Å²) < 4.78 is 12.9. The van der Waals surface area contributed by atoms with Crippen LogP contribution in [0, 0.1) is 0 Å². The van der Waals surface area contributed by atoms with E-state index in [9.17, 15) is 0 Å². The van der Waals surface area contributed by atoms with Gasteiger partial charge < -0.3 is 14.8 Å². The summed E-state index contributed by atoms with van der Waals surface area (Å²) in [5, 5.41) is 3.43. The minimum atomic E-state index is 0.232. The zero-order valence-corrected chi connectivity index (χ0v) is 14.1. The second-order valence-corrected chi connectivity index (χ2v) is 6.33. The van der Waals surface area contributed by atoms with Gasteiger partial charge in [0.2, 0.25) is 0 Å². The lowest BCUT2D eigenvalue weighted by Crippen LogP contribution is -2.21. The second kappa shape index (κ2) is 7.43. The van der Waals surface area contributed by atoms with E-state index in [1.807, 2.05) is 12.1 Å². The van der Waals surface area contributed by atoms with Crippen molar-refractivity contribution in [2.75, 3.05) is 13.2 Å². The molecule has 1 saturated heterocycles. The fourth-order valence-corrected chi connectivity index (χ4v) is 2.97. The van der Waals surface area contributed by atoms with Gasteiger partial charge in [0, 0.05) is 16.1 Å². The van der Waals surface area contributed by atoms with Crippen LogP contribution in [0.2, 0.25) is 0 Å². The van der Waals surface area contributed by atoms with Crippen molar-refractivity contribution >= 4 is 15.9 Å². The monoisotopic (exact) mass is 341 g/mol. The molecule has 1 aliphatic heterocycles. The van der Waals surface area contributed by atoms with Gasteiger partial charge in [0.05, 0.1) is 12.2 Å². The summed E-state index contributed by atoms with van der Waals surface area (Å²) in [6.45, 7) is 7.97. The van der Waals surface area contributed by atoms with Gasteiger partial charge in [-0.25, -0.2) is 0 Å². The minimum Gasteiger partial charge on any atom is -0.491 e. The molecule has 1 fully saturated rings. The standard InChI is InChI=1S/C16H24BrNO2/c1-4-18-12(3)15-9-13(17)6-8-16(15)19-10-14-7-5-11(2)20-14/h6,8-9,11-12,14,18H,4-5,7,10H2,1-3H3. The van der Waals surface area contributed by atoms with Crippen molar-refractivity contribution in [3.63, 3.8) is 0 Å². The molecule has 0 spiro atoms. The molecule has 1 aromatic rings. The molecular formula is C16H24BrNO2. The van der Waals surface area contributed by atoms with E-state index in [0.717, 1.165) is 29.6 Å². The third-order valence-electron chi connectivity index (χ3n) is 3.69. The van der Waals surface area contributed by atoms with Gasteiger partial charge in [-0.05, 0) is 51.4 Å². The summed E-state index contributed by atoms with van der Waals surface area (Å²) in [5.74, 6) is 0.949. The Morgan fingerprint density at radius 2 is 2.25 bits per heavy atom. The molecule has 1 heterocycles. The maximum atomic E-state index is 6.01. The first-order valence-corrected chi connectivity index (χ1v) is 8.20. The molecule has 20 heavy (non-hydrogen) atoms. The largest absolute Gasteiger partial charge is 0.491 e. The SMILES string of the molecule is CCNC(C)c1cc(Br)ccc1OCC1CCC(C)O1. The Kier molecular flexibility index (Phi) is 5.87. The van der Waals surface area contributed by atoms with E-state index in [-0.39, 0.29) is 12.1 Å². The van der Waals surface area contributed by atoms with Crippen molar-refractivity contribution < 1.29 is 9.47 Å². The Morgan fingerprint density at radius 1 is 1.45 bits per heavy atom. The molecule has 0 aliphatic carbocycles. The van der Waals surface area contributed by atoms with Crippen molar-refractivity contribution in [1.29, 1.82) is 0 Å². The number of ether oxygens (including phenoxy) is 2. The predicted octanol–water partition coefficient (Wildman–Crippen LogP) is 4.07. The average molecular weight is 342 g/mol. The van der Waals surface area contributed by atoms with E-state index in [0.29, 0.717) is 12.7 Å². The molecule has 2 rings (SSSR count). The molecule has 3 unspecified atom stereocenters. The first-order valence-electron chi connectivity index (χ1n) is 7.41. The van der Waals surface area contributed by atoms with Gasteiger partial charge in [-0.3, -0.25) is 0 Å². The van der Waals surface area contributed by atoms with Crippen LogP contribution in [-0.4, -0.2) is 25.4 Å². The van der Waals surface area contributed by atoms with Gasteiger partial charge in [0.15, 0.2) is 0 Å². The predicted molar refractivity (Wildman–Crippen MR) is 85.3 cm³/mol. The van der Waals surface area contributed by atoms with Crippen molar-refractivity contribution in [1.82, 2.24) is 5.32 Å². The summed E-state index contributed by atoms with van der Waals surface area (Å²) in [7, 11) is 0. The van der Waals surface area contributed by atoms with E-state index in [2.05, 4.69) is 48.1 Å². The molecule has 1 aliphatic rings. The van der Waals surface area contributed by atoms with Crippen LogP contribution in [0.5, 0.6) is 5.75 Å². The summed E-state index contributed by atoms with van der Waals surface area (Å²) >= 11 is 3.53. The second-order valence-electron chi connectivity index (χ2n) is 5.42. The summed E-state index contributed by atoms with van der Waals surface area (Å²) in [4.78, 5) is 0. The molecule has 3 nitrogen and oxygen atoms in total. The summed E-state index contributed by atoms with van der Waals surface area (Å²) in [5.41, 5.74) is 1.19. The lowest BCUT2D eigenvalue weighted by molar-refractivity contribution is 0.0261. The highest BCUT2D eigenvalue weighted by Crippen LogP contribution is 2.29. The normalized spacial score (nSPS) is 23.8. The van der Waals surface area contributed by atoms with Crippen LogP contribution < -0.4 is 10.1 Å². The molecule has 0 radical (unpaired) electrons. The summed E-state index contributed by atoms with van der Waals surface area (Å²) in [6.07, 6.45) is 2.83. The maximum Gasteiger partial charge on any atom is 0.124 e. The third-order valence-corrected chi connectivity index (χ3v) is 4.19. The molecule has 1 aromatic carbocycles. The van der Waals surface area contributed by atoms with Crippen LogP contribution in [-0.2, 0) is 4.74 Å². The topological polar surface area (TPSA) is 30.5 Å². The van der Waals surface area contributed by atoms with E-state index < -0.39 is 0 Å². The van der Waals surface area contributed by atoms with E-state index >= 15 is 0 Å². The molecule has 0 amide bonds. The number of rotatable bonds is 6. The Morgan fingerprint density at radius 3 is 2.90 bits per heavy atom. The van der Waals surface area contributed by atoms with Crippen LogP contribution >= 0.6 is 15.9 Å². The zero-order chi connectivity index (χ0) is 14.5. The number of halogens is 1. The van der Waals surface area contributed by atoms with Crippen molar-refractivity contribution in [3.8, 4) is 5.75 Å². The van der Waals surface area contributed by atoms with Crippen LogP contribution in [0.25, 0.3) is 0 Å². The van der Waals surface area contributed by atoms with E-state index in [4.69, 9.17) is 9.47 Å². The van der Waals surface area contributed by atoms with Gasteiger partial charge in [0.25, 0.3) is 0 Å². The first-order chi connectivity index (χ1) is 9.60. The Bertz CT molecular complexity index is 438. The van der Waals surface area contributed by atoms with Gasteiger partial charge in [-0.1, -0.05) is 22.9 Å². The smallest absolute Gasteiger partial charge is 0.124 e. The Hall–Kier alpha value is -0.580. The van der Waals surface area contributed by atoms with Crippen LogP contribution in [0.3, 0.4) is 0 Å². The highest BCUT2D eigenvalue weighted by atomic mass is 79.9. The number of benzene rings is 1. The van der Waals surface area contributed by atoms with Gasteiger partial charge in [-0.2, -0.15) is 0 Å². The molecule has 112 valence electrons. The minimum absolute atomic E-state index is 0.232. The average Bonchev–Trinajstić information content (AvgIpc) is 2.83. The quantitative estimate of drug-likeness (QED) is 0.846. The molecule has 4 heteroatoms. The molecular weight excluding hydrogens is 318 g/mol. The number of nitrogens with one attached hydrogen (secondary N) is 1. The van der Waals surface area contributed by atoms with Crippen LogP contribution in [0.4, 0.5) is 0 Å². The highest BCUT2D eigenvalue weighted by molar-refractivity contribution is 9.10. The molecule has 0 aromatic heterocycles. The van der Waals surface area contributed by atoms with Gasteiger partial charge in [0.1, 0.15) is 12.4 Å². The van der Waals surface area contributed by atoms with Crippen LogP contribution in [0.15, 0.2) is 22.7 Å². The summed E-state index contributed by atoms with van der Waals surface area (Å²) in [6, 6.07) is 6.46. The Balaban J connectivity index is 2.02. The molecule has 3 atom stereocenters. The molecule has 1 N–H and O–H groups in total. The lowest BCUT2D eigenvalue weighted by atomic mass is 10.1. The van der Waals surface area contributed by atoms with Crippen molar-refractivity contribution in [2.45, 2.75) is 51.9 Å². The van der Waals surface area contributed by atoms with Crippen molar-refractivity contribution in [2.24, 2.45) is 0 Å². The van der Waals surface area contributed by atoms with Gasteiger partial charge >= 0.3 is 0 Å². The first kappa shape index (κ1) is 15.8.